The highest BCUT2D eigenvalue weighted by Crippen LogP contribution is 2.39. The lowest BCUT2D eigenvalue weighted by Crippen LogP contribution is -2.35. The predicted octanol–water partition coefficient (Wildman–Crippen LogP) is 4.62. The molecule has 0 bridgehead atoms. The van der Waals surface area contributed by atoms with Crippen molar-refractivity contribution in [1.29, 1.82) is 0 Å². The molecule has 29 heavy (non-hydrogen) atoms. The summed E-state index contributed by atoms with van der Waals surface area (Å²) in [6.07, 6.45) is 1.98. The number of rotatable bonds is 9. The van der Waals surface area contributed by atoms with Crippen molar-refractivity contribution in [2.45, 2.75) is 40.2 Å². The van der Waals surface area contributed by atoms with Crippen molar-refractivity contribution >= 4 is 50.9 Å². The Morgan fingerprint density at radius 2 is 1.90 bits per heavy atom. The molecule has 1 aromatic carbocycles. The molecule has 2 rings (SSSR count). The number of imide groups is 1. The minimum Gasteiger partial charge on any atom is -0.490 e. The van der Waals surface area contributed by atoms with E-state index in [1.54, 1.807) is 25.1 Å². The Bertz CT molecular complexity index is 825. The van der Waals surface area contributed by atoms with Crippen LogP contribution in [0.15, 0.2) is 21.5 Å². The highest BCUT2D eigenvalue weighted by molar-refractivity contribution is 9.10. The first-order valence-corrected chi connectivity index (χ1v) is 11.0. The number of carbonyl (C=O) groups is 3. The fraction of sp³-hybridized carbons (Fsp3) is 0.450. The van der Waals surface area contributed by atoms with Crippen molar-refractivity contribution in [2.75, 3.05) is 19.8 Å². The van der Waals surface area contributed by atoms with Crippen LogP contribution in [-0.4, -0.2) is 47.9 Å². The highest BCUT2D eigenvalue weighted by Gasteiger charge is 2.37. The van der Waals surface area contributed by atoms with Gasteiger partial charge in [0.05, 0.1) is 28.7 Å². The molecule has 7 nitrogen and oxygen atoms in total. The Morgan fingerprint density at radius 3 is 2.52 bits per heavy atom. The van der Waals surface area contributed by atoms with Crippen LogP contribution in [-0.2, 0) is 14.3 Å². The third kappa shape index (κ3) is 5.99. The van der Waals surface area contributed by atoms with Gasteiger partial charge in [-0.05, 0) is 78.7 Å². The second-order valence-corrected chi connectivity index (χ2v) is 8.02. The number of halogens is 1. The number of nitrogens with zero attached hydrogens (tertiary/aromatic N) is 1. The Kier molecular flexibility index (Phi) is 8.58. The van der Waals surface area contributed by atoms with Crippen molar-refractivity contribution in [3.05, 3.63) is 27.1 Å². The average Bonchev–Trinajstić information content (AvgIpc) is 2.92. The minimum atomic E-state index is -0.606. The van der Waals surface area contributed by atoms with Gasteiger partial charge in [0.1, 0.15) is 6.54 Å². The monoisotopic (exact) mass is 485 g/mol. The highest BCUT2D eigenvalue weighted by atomic mass is 79.9. The largest absolute Gasteiger partial charge is 0.490 e. The molecule has 1 fully saturated rings. The molecule has 1 aromatic rings. The second-order valence-electron chi connectivity index (χ2n) is 6.17. The summed E-state index contributed by atoms with van der Waals surface area (Å²) in [5.41, 5.74) is 0.663. The van der Waals surface area contributed by atoms with E-state index in [1.165, 1.54) is 0 Å². The third-order valence-electron chi connectivity index (χ3n) is 3.99. The number of esters is 1. The first-order valence-electron chi connectivity index (χ1n) is 9.34. The number of ether oxygens (including phenoxy) is 3. The van der Waals surface area contributed by atoms with Crippen LogP contribution in [0.4, 0.5) is 4.79 Å². The van der Waals surface area contributed by atoms with Gasteiger partial charge in [0, 0.05) is 0 Å². The van der Waals surface area contributed by atoms with Gasteiger partial charge in [0.15, 0.2) is 11.5 Å². The van der Waals surface area contributed by atoms with Gasteiger partial charge in [-0.3, -0.25) is 19.3 Å². The lowest BCUT2D eigenvalue weighted by molar-refractivity contribution is -0.150. The maximum absolute atomic E-state index is 12.6. The average molecular weight is 486 g/mol. The van der Waals surface area contributed by atoms with Crippen molar-refractivity contribution < 1.29 is 28.6 Å². The molecule has 0 aliphatic carbocycles. The van der Waals surface area contributed by atoms with Gasteiger partial charge in [0.25, 0.3) is 11.1 Å². The first kappa shape index (κ1) is 23.3. The Labute approximate surface area is 182 Å². The molecule has 158 valence electrons. The minimum absolute atomic E-state index is 0.227. The summed E-state index contributed by atoms with van der Waals surface area (Å²) in [6, 6.07) is 3.52. The van der Waals surface area contributed by atoms with Gasteiger partial charge in [0.2, 0.25) is 0 Å². The van der Waals surface area contributed by atoms with E-state index in [2.05, 4.69) is 15.9 Å². The summed E-state index contributed by atoms with van der Waals surface area (Å²) in [4.78, 5) is 37.9. The molecule has 0 saturated carbocycles. The third-order valence-corrected chi connectivity index (χ3v) is 5.48. The molecule has 0 spiro atoms. The van der Waals surface area contributed by atoms with E-state index < -0.39 is 23.7 Å². The van der Waals surface area contributed by atoms with Crippen molar-refractivity contribution in [1.82, 2.24) is 4.90 Å². The number of amides is 2. The van der Waals surface area contributed by atoms with Crippen LogP contribution in [0.5, 0.6) is 11.5 Å². The number of thioether (sulfide) groups is 1. The van der Waals surface area contributed by atoms with Crippen molar-refractivity contribution in [2.24, 2.45) is 0 Å². The zero-order chi connectivity index (χ0) is 21.6. The lowest BCUT2D eigenvalue weighted by Gasteiger charge is -2.15. The maximum atomic E-state index is 12.6. The number of benzene rings is 1. The van der Waals surface area contributed by atoms with Gasteiger partial charge in [-0.25, -0.2) is 0 Å². The van der Waals surface area contributed by atoms with Crippen LogP contribution in [0.3, 0.4) is 0 Å². The molecule has 1 atom stereocenters. The van der Waals surface area contributed by atoms with Crippen molar-refractivity contribution in [3.8, 4) is 11.5 Å². The molecule has 0 N–H and O–H groups in total. The molecule has 1 aliphatic rings. The normalized spacial score (nSPS) is 16.3. The quantitative estimate of drug-likeness (QED) is 0.372. The van der Waals surface area contributed by atoms with Gasteiger partial charge in [-0.1, -0.05) is 6.92 Å². The van der Waals surface area contributed by atoms with Gasteiger partial charge in [-0.2, -0.15) is 0 Å². The molecule has 1 aliphatic heterocycles. The fourth-order valence-corrected chi connectivity index (χ4v) is 3.89. The van der Waals surface area contributed by atoms with E-state index in [0.29, 0.717) is 41.2 Å². The van der Waals surface area contributed by atoms with E-state index in [4.69, 9.17) is 14.2 Å². The molecule has 0 radical (unpaired) electrons. The fourth-order valence-electron chi connectivity index (χ4n) is 2.48. The van der Waals surface area contributed by atoms with E-state index in [0.717, 1.165) is 16.7 Å². The summed E-state index contributed by atoms with van der Waals surface area (Å²) >= 11 is 4.24. The molecule has 1 heterocycles. The maximum Gasteiger partial charge on any atom is 0.326 e. The lowest BCUT2D eigenvalue weighted by atomic mass is 10.2. The van der Waals surface area contributed by atoms with Gasteiger partial charge < -0.3 is 14.2 Å². The topological polar surface area (TPSA) is 82.1 Å². The van der Waals surface area contributed by atoms with Crippen LogP contribution in [0.1, 0.15) is 39.7 Å². The van der Waals surface area contributed by atoms with Crippen LogP contribution < -0.4 is 9.47 Å². The van der Waals surface area contributed by atoms with E-state index in [9.17, 15) is 14.4 Å². The SMILES string of the molecule is CCOc1cc(/C=C2/SC(=O)N(CC(=O)O[C@H](C)CC)C2=O)cc(Br)c1OCC. The number of hydrogen-bond acceptors (Lipinski definition) is 7. The van der Waals surface area contributed by atoms with Crippen LogP contribution in [0, 0.1) is 0 Å². The zero-order valence-electron chi connectivity index (χ0n) is 16.8. The van der Waals surface area contributed by atoms with Gasteiger partial charge >= 0.3 is 5.97 Å². The summed E-state index contributed by atoms with van der Waals surface area (Å²) < 4.78 is 17.1. The molecular weight excluding hydrogens is 462 g/mol. The first-order chi connectivity index (χ1) is 13.8. The van der Waals surface area contributed by atoms with Crippen LogP contribution in [0.25, 0.3) is 6.08 Å². The summed E-state index contributed by atoms with van der Waals surface area (Å²) in [5, 5.41) is -0.502. The summed E-state index contributed by atoms with van der Waals surface area (Å²) in [5.74, 6) is -0.0202. The molecule has 0 unspecified atom stereocenters. The smallest absolute Gasteiger partial charge is 0.326 e. The Morgan fingerprint density at radius 1 is 1.21 bits per heavy atom. The second kappa shape index (κ2) is 10.7. The molecular formula is C20H24BrNO6S. The van der Waals surface area contributed by atoms with E-state index in [-0.39, 0.29) is 11.0 Å². The standard InChI is InChI=1S/C20H24BrNO6S/c1-5-12(4)28-17(23)11-22-19(24)16(29-20(22)25)10-13-8-14(21)18(27-7-3)15(9-13)26-6-2/h8-10,12H,5-7,11H2,1-4H3/b16-10+/t12-/m1/s1. The van der Waals surface area contributed by atoms with Crippen LogP contribution in [0.2, 0.25) is 0 Å². The number of carbonyl (C=O) groups excluding carboxylic acids is 3. The number of hydrogen-bond donors (Lipinski definition) is 0. The van der Waals surface area contributed by atoms with Gasteiger partial charge in [-0.15, -0.1) is 0 Å². The molecule has 0 aromatic heterocycles. The molecule has 2 amide bonds. The van der Waals surface area contributed by atoms with Crippen molar-refractivity contribution in [3.63, 3.8) is 0 Å². The van der Waals surface area contributed by atoms with E-state index in [1.807, 2.05) is 20.8 Å². The predicted molar refractivity (Wildman–Crippen MR) is 115 cm³/mol. The Hall–Kier alpha value is -2.00. The summed E-state index contributed by atoms with van der Waals surface area (Å²) in [7, 11) is 0. The van der Waals surface area contributed by atoms with E-state index >= 15 is 0 Å². The summed E-state index contributed by atoms with van der Waals surface area (Å²) in [6.45, 7) is 7.90. The molecule has 1 saturated heterocycles. The Balaban J connectivity index is 2.23. The molecule has 9 heteroatoms. The zero-order valence-corrected chi connectivity index (χ0v) is 19.2. The van der Waals surface area contributed by atoms with Crippen LogP contribution >= 0.6 is 27.7 Å².